The maximum absolute atomic E-state index is 12.4. The molecule has 2 aromatic rings. The second-order valence-electron chi connectivity index (χ2n) is 9.34. The summed E-state index contributed by atoms with van der Waals surface area (Å²) in [4.78, 5) is 37.4. The minimum atomic E-state index is -0.814. The molecule has 2 atom stereocenters. The standard InChI is InChI=1S/C27H32N2O5/c1-18-15-29(16-19(18)14-26(31)32)25(30)12-6-7-13-28-27(33)34-17-24-22-10-4-2-8-20(22)21-9-3-5-11-23(21)24/h2-5,8-11,18-19,24H,6-7,12-17H2,1H3,(H,28,33)(H,31,32)/t18-,19-/m1/s1. The quantitative estimate of drug-likeness (QED) is 0.541. The van der Waals surface area contributed by atoms with Crippen LogP contribution in [0.15, 0.2) is 48.5 Å². The fraction of sp³-hybridized carbons (Fsp3) is 0.444. The number of carbonyl (C=O) groups is 3. The van der Waals surface area contributed by atoms with Gasteiger partial charge in [-0.3, -0.25) is 9.59 Å². The maximum atomic E-state index is 12.4. The average Bonchev–Trinajstić information content (AvgIpc) is 3.34. The van der Waals surface area contributed by atoms with Crippen molar-refractivity contribution in [2.24, 2.45) is 11.8 Å². The highest BCUT2D eigenvalue weighted by atomic mass is 16.5. The van der Waals surface area contributed by atoms with Gasteiger partial charge in [0.25, 0.3) is 0 Å². The van der Waals surface area contributed by atoms with Crippen LogP contribution in [-0.4, -0.2) is 54.2 Å². The number of carboxylic acids is 1. The van der Waals surface area contributed by atoms with Crippen molar-refractivity contribution in [2.45, 2.75) is 38.5 Å². The number of fused-ring (bicyclic) bond motifs is 3. The van der Waals surface area contributed by atoms with Crippen molar-refractivity contribution in [3.05, 3.63) is 59.7 Å². The zero-order chi connectivity index (χ0) is 24.1. The van der Waals surface area contributed by atoms with Gasteiger partial charge >= 0.3 is 12.1 Å². The number of carboxylic acid groups (broad SMARTS) is 1. The van der Waals surface area contributed by atoms with Gasteiger partial charge in [0.2, 0.25) is 5.91 Å². The normalized spacial score (nSPS) is 18.9. The Morgan fingerprint density at radius 1 is 1.00 bits per heavy atom. The predicted molar refractivity (Wildman–Crippen MR) is 128 cm³/mol. The van der Waals surface area contributed by atoms with Crippen LogP contribution in [0.4, 0.5) is 4.79 Å². The number of hydrogen-bond acceptors (Lipinski definition) is 4. The van der Waals surface area contributed by atoms with E-state index in [1.54, 1.807) is 4.90 Å². The van der Waals surface area contributed by atoms with E-state index in [1.807, 2.05) is 31.2 Å². The number of aliphatic carboxylic acids is 1. The molecule has 0 bridgehead atoms. The van der Waals surface area contributed by atoms with Crippen LogP contribution in [0, 0.1) is 11.8 Å². The number of benzene rings is 2. The molecule has 34 heavy (non-hydrogen) atoms. The molecule has 0 saturated carbocycles. The smallest absolute Gasteiger partial charge is 0.407 e. The summed E-state index contributed by atoms with van der Waals surface area (Å²) < 4.78 is 5.53. The lowest BCUT2D eigenvalue weighted by Gasteiger charge is -2.16. The van der Waals surface area contributed by atoms with E-state index in [9.17, 15) is 14.4 Å². The Hall–Kier alpha value is -3.35. The molecule has 2 amide bonds. The molecule has 1 saturated heterocycles. The van der Waals surface area contributed by atoms with Gasteiger partial charge in [-0.1, -0.05) is 55.5 Å². The Morgan fingerprint density at radius 2 is 1.65 bits per heavy atom. The third-order valence-corrected chi connectivity index (χ3v) is 6.99. The molecular weight excluding hydrogens is 432 g/mol. The highest BCUT2D eigenvalue weighted by Crippen LogP contribution is 2.44. The summed E-state index contributed by atoms with van der Waals surface area (Å²) in [5.74, 6) is -0.498. The lowest BCUT2D eigenvalue weighted by molar-refractivity contribution is -0.138. The first-order valence-electron chi connectivity index (χ1n) is 12.0. The third kappa shape index (κ3) is 5.41. The lowest BCUT2D eigenvalue weighted by Crippen LogP contribution is -2.29. The minimum absolute atomic E-state index is 0.0247. The number of amides is 2. The van der Waals surface area contributed by atoms with E-state index in [1.165, 1.54) is 22.3 Å². The van der Waals surface area contributed by atoms with E-state index in [-0.39, 0.29) is 36.7 Å². The first kappa shape index (κ1) is 23.8. The van der Waals surface area contributed by atoms with Crippen molar-refractivity contribution in [3.63, 3.8) is 0 Å². The summed E-state index contributed by atoms with van der Waals surface area (Å²) in [5.41, 5.74) is 4.74. The zero-order valence-electron chi connectivity index (χ0n) is 19.5. The topological polar surface area (TPSA) is 95.9 Å². The zero-order valence-corrected chi connectivity index (χ0v) is 19.5. The fourth-order valence-corrected chi connectivity index (χ4v) is 5.13. The summed E-state index contributed by atoms with van der Waals surface area (Å²) in [6.07, 6.45) is 1.40. The van der Waals surface area contributed by atoms with Gasteiger partial charge in [-0.2, -0.15) is 0 Å². The monoisotopic (exact) mass is 464 g/mol. The van der Waals surface area contributed by atoms with Crippen molar-refractivity contribution >= 4 is 18.0 Å². The third-order valence-electron chi connectivity index (χ3n) is 6.99. The fourth-order valence-electron chi connectivity index (χ4n) is 5.13. The van der Waals surface area contributed by atoms with Gasteiger partial charge in [0.1, 0.15) is 6.61 Å². The van der Waals surface area contributed by atoms with E-state index < -0.39 is 12.1 Å². The van der Waals surface area contributed by atoms with Crippen LogP contribution in [0.3, 0.4) is 0 Å². The second-order valence-corrected chi connectivity index (χ2v) is 9.34. The number of nitrogens with one attached hydrogen (secondary N) is 1. The van der Waals surface area contributed by atoms with E-state index in [0.717, 1.165) is 0 Å². The molecule has 0 radical (unpaired) electrons. The SMILES string of the molecule is C[C@@H]1CN(C(=O)CCCCNC(=O)OCC2c3ccccc3-c3ccccc32)C[C@H]1CC(=O)O. The van der Waals surface area contributed by atoms with Gasteiger partial charge in [-0.15, -0.1) is 0 Å². The van der Waals surface area contributed by atoms with Gasteiger partial charge in [-0.25, -0.2) is 4.79 Å². The lowest BCUT2D eigenvalue weighted by atomic mass is 9.95. The number of alkyl carbamates (subject to hydrolysis) is 1. The number of unbranched alkanes of at least 4 members (excludes halogenated alkanes) is 1. The Kier molecular flexibility index (Phi) is 7.50. The Labute approximate surface area is 200 Å². The first-order chi connectivity index (χ1) is 16.4. The van der Waals surface area contributed by atoms with Crippen molar-refractivity contribution in [3.8, 4) is 11.1 Å². The summed E-state index contributed by atoms with van der Waals surface area (Å²) in [6.45, 7) is 3.86. The van der Waals surface area contributed by atoms with Crippen molar-refractivity contribution < 1.29 is 24.2 Å². The molecule has 0 spiro atoms. The molecule has 2 aromatic carbocycles. The summed E-state index contributed by atoms with van der Waals surface area (Å²) in [5, 5.41) is 11.8. The van der Waals surface area contributed by atoms with Gasteiger partial charge in [0.15, 0.2) is 0 Å². The molecule has 1 aliphatic carbocycles. The summed E-state index contributed by atoms with van der Waals surface area (Å²) in [6, 6.07) is 16.4. The molecule has 180 valence electrons. The Balaban J connectivity index is 1.16. The predicted octanol–water partition coefficient (Wildman–Crippen LogP) is 4.26. The number of ether oxygens (including phenoxy) is 1. The van der Waals surface area contributed by atoms with Crippen LogP contribution in [0.5, 0.6) is 0 Å². The molecular formula is C27H32N2O5. The molecule has 0 unspecified atom stereocenters. The number of nitrogens with zero attached hydrogens (tertiary/aromatic N) is 1. The molecule has 4 rings (SSSR count). The Morgan fingerprint density at radius 3 is 2.29 bits per heavy atom. The molecule has 7 nitrogen and oxygen atoms in total. The van der Waals surface area contributed by atoms with Crippen LogP contribution in [0.2, 0.25) is 0 Å². The van der Waals surface area contributed by atoms with Crippen LogP contribution in [0.25, 0.3) is 11.1 Å². The number of carbonyl (C=O) groups excluding carboxylic acids is 2. The molecule has 2 aliphatic rings. The number of rotatable bonds is 9. The van der Waals surface area contributed by atoms with Crippen LogP contribution in [-0.2, 0) is 14.3 Å². The van der Waals surface area contributed by atoms with Crippen molar-refractivity contribution in [1.82, 2.24) is 10.2 Å². The molecule has 0 aromatic heterocycles. The second kappa shape index (κ2) is 10.7. The largest absolute Gasteiger partial charge is 0.481 e. The van der Waals surface area contributed by atoms with Gasteiger partial charge in [0, 0.05) is 32.0 Å². The minimum Gasteiger partial charge on any atom is -0.481 e. The highest BCUT2D eigenvalue weighted by molar-refractivity contribution is 5.79. The molecule has 1 heterocycles. The van der Waals surface area contributed by atoms with Gasteiger partial charge in [0.05, 0.1) is 6.42 Å². The maximum Gasteiger partial charge on any atom is 0.407 e. The van der Waals surface area contributed by atoms with Crippen LogP contribution >= 0.6 is 0 Å². The van der Waals surface area contributed by atoms with E-state index >= 15 is 0 Å². The summed E-state index contributed by atoms with van der Waals surface area (Å²) >= 11 is 0. The molecule has 1 aliphatic heterocycles. The van der Waals surface area contributed by atoms with Crippen molar-refractivity contribution in [2.75, 3.05) is 26.2 Å². The number of hydrogen-bond donors (Lipinski definition) is 2. The average molecular weight is 465 g/mol. The highest BCUT2D eigenvalue weighted by Gasteiger charge is 2.33. The molecule has 2 N–H and O–H groups in total. The molecule has 7 heteroatoms. The van der Waals surface area contributed by atoms with Crippen LogP contribution in [0.1, 0.15) is 49.7 Å². The van der Waals surface area contributed by atoms with Gasteiger partial charge in [-0.05, 0) is 46.9 Å². The number of likely N-dealkylation sites (tertiary alicyclic amines) is 1. The van der Waals surface area contributed by atoms with E-state index in [4.69, 9.17) is 9.84 Å². The van der Waals surface area contributed by atoms with Gasteiger partial charge < -0.3 is 20.1 Å². The van der Waals surface area contributed by atoms with Crippen LogP contribution < -0.4 is 5.32 Å². The Bertz CT molecular complexity index is 1010. The first-order valence-corrected chi connectivity index (χ1v) is 12.0. The molecule has 1 fully saturated rings. The van der Waals surface area contributed by atoms with E-state index in [2.05, 4.69) is 29.6 Å². The van der Waals surface area contributed by atoms with Crippen molar-refractivity contribution in [1.29, 1.82) is 0 Å². The summed E-state index contributed by atoms with van der Waals surface area (Å²) in [7, 11) is 0. The van der Waals surface area contributed by atoms with E-state index in [0.29, 0.717) is 38.9 Å².